The van der Waals surface area contributed by atoms with Crippen molar-refractivity contribution in [2.24, 2.45) is 0 Å². The number of benzene rings is 1. The van der Waals surface area contributed by atoms with Crippen molar-refractivity contribution in [2.75, 3.05) is 26.5 Å². The Morgan fingerprint density at radius 3 is 2.70 bits per heavy atom. The van der Waals surface area contributed by atoms with Gasteiger partial charge in [0.2, 0.25) is 12.6 Å². The van der Waals surface area contributed by atoms with Crippen molar-refractivity contribution in [1.29, 1.82) is 0 Å². The molecule has 10 nitrogen and oxygen atoms in total. The van der Waals surface area contributed by atoms with Crippen LogP contribution in [0.15, 0.2) is 23.0 Å². The van der Waals surface area contributed by atoms with E-state index in [9.17, 15) is 4.79 Å². The van der Waals surface area contributed by atoms with Crippen LogP contribution >= 0.6 is 0 Å². The lowest BCUT2D eigenvalue weighted by atomic mass is 10.0. The highest BCUT2D eigenvalue weighted by Gasteiger charge is 2.35. The predicted molar refractivity (Wildman–Crippen MR) is 118 cm³/mol. The molecular formula is C23H29N6O4+. The van der Waals surface area contributed by atoms with Crippen LogP contribution in [0.5, 0.6) is 11.5 Å². The summed E-state index contributed by atoms with van der Waals surface area (Å²) in [4.78, 5) is 17.8. The van der Waals surface area contributed by atoms with Gasteiger partial charge in [-0.3, -0.25) is 4.79 Å². The van der Waals surface area contributed by atoms with Crippen molar-refractivity contribution in [2.45, 2.75) is 57.2 Å². The average Bonchev–Trinajstić information content (AvgIpc) is 3.54. The van der Waals surface area contributed by atoms with Gasteiger partial charge in [0, 0.05) is 18.1 Å². The molecule has 2 N–H and O–H groups in total. The summed E-state index contributed by atoms with van der Waals surface area (Å²) < 4.78 is 18.7. The van der Waals surface area contributed by atoms with E-state index in [0.29, 0.717) is 23.6 Å². The zero-order chi connectivity index (χ0) is 22.2. The van der Waals surface area contributed by atoms with E-state index in [4.69, 9.17) is 14.2 Å². The molecule has 2 aromatic heterocycles. The van der Waals surface area contributed by atoms with Gasteiger partial charge in [-0.15, -0.1) is 5.10 Å². The van der Waals surface area contributed by atoms with Crippen LogP contribution in [0, 0.1) is 0 Å². The second kappa shape index (κ2) is 8.75. The number of hydrogen-bond acceptors (Lipinski definition) is 7. The van der Waals surface area contributed by atoms with Crippen molar-refractivity contribution in [3.8, 4) is 11.5 Å². The van der Waals surface area contributed by atoms with Crippen LogP contribution < -0.4 is 19.9 Å². The number of H-pyrrole nitrogens is 1. The Balaban J connectivity index is 1.45. The number of pyridine rings is 1. The molecule has 6 rings (SSSR count). The number of quaternary nitrogens is 1. The summed E-state index contributed by atoms with van der Waals surface area (Å²) in [6.45, 7) is 3.55. The van der Waals surface area contributed by atoms with E-state index in [2.05, 4.69) is 20.5 Å². The lowest BCUT2D eigenvalue weighted by molar-refractivity contribution is -0.925. The van der Waals surface area contributed by atoms with Crippen LogP contribution in [0.25, 0.3) is 10.9 Å². The zero-order valence-electron chi connectivity index (χ0n) is 18.6. The Bertz CT molecular complexity index is 1190. The highest BCUT2D eigenvalue weighted by atomic mass is 16.7. The van der Waals surface area contributed by atoms with Crippen molar-refractivity contribution >= 4 is 10.9 Å². The molecule has 0 saturated carbocycles. The number of ether oxygens (including phenoxy) is 3. The molecule has 0 bridgehead atoms. The monoisotopic (exact) mass is 453 g/mol. The van der Waals surface area contributed by atoms with E-state index in [0.717, 1.165) is 62.1 Å². The fourth-order valence-electron chi connectivity index (χ4n) is 5.37. The molecule has 33 heavy (non-hydrogen) atoms. The maximum atomic E-state index is 13.4. The summed E-state index contributed by atoms with van der Waals surface area (Å²) >= 11 is 0. The maximum absolute atomic E-state index is 13.4. The second-order valence-corrected chi connectivity index (χ2v) is 9.21. The van der Waals surface area contributed by atoms with Crippen LogP contribution in [0.4, 0.5) is 0 Å². The number of hydrogen-bond donors (Lipinski definition) is 2. The molecule has 2 fully saturated rings. The first-order chi connectivity index (χ1) is 16.3. The number of nitrogens with one attached hydrogen (secondary N) is 2. The number of rotatable bonds is 5. The lowest BCUT2D eigenvalue weighted by Crippen LogP contribution is -3.12. The Morgan fingerprint density at radius 1 is 1.09 bits per heavy atom. The molecule has 10 heteroatoms. The minimum Gasteiger partial charge on any atom is -0.454 e. The molecule has 3 aromatic rings. The van der Waals surface area contributed by atoms with Gasteiger partial charge in [-0.05, 0) is 61.1 Å². The van der Waals surface area contributed by atoms with Crippen LogP contribution in [-0.4, -0.2) is 57.8 Å². The van der Waals surface area contributed by atoms with Gasteiger partial charge in [-0.2, -0.15) is 0 Å². The fourth-order valence-corrected chi connectivity index (χ4v) is 5.37. The average molecular weight is 454 g/mol. The minimum atomic E-state index is -0.252. The number of likely N-dealkylation sites (tertiary alicyclic amines) is 1. The smallest absolute Gasteiger partial charge is 0.258 e. The largest absolute Gasteiger partial charge is 0.454 e. The van der Waals surface area contributed by atoms with E-state index in [-0.39, 0.29) is 24.5 Å². The maximum Gasteiger partial charge on any atom is 0.258 e. The predicted octanol–water partition coefficient (Wildman–Crippen LogP) is 0.971. The van der Waals surface area contributed by atoms with Crippen LogP contribution in [0.1, 0.15) is 56.0 Å². The molecule has 174 valence electrons. The first-order valence-corrected chi connectivity index (χ1v) is 11.9. The SMILES string of the molecule is O=c1[nH]c2cc3c(cc2cc1[C@H](c1nnnn1C[C@H]1CCCO1)[NH+]1CCCCCC1)OCO3. The van der Waals surface area contributed by atoms with Gasteiger partial charge in [0.25, 0.3) is 5.56 Å². The summed E-state index contributed by atoms with van der Waals surface area (Å²) in [5.41, 5.74) is 1.30. The van der Waals surface area contributed by atoms with Gasteiger partial charge in [0.05, 0.1) is 36.8 Å². The summed E-state index contributed by atoms with van der Waals surface area (Å²) in [6, 6.07) is 5.49. The Labute approximate surface area is 190 Å². The lowest BCUT2D eigenvalue weighted by Gasteiger charge is -2.27. The third-order valence-electron chi connectivity index (χ3n) is 7.05. The van der Waals surface area contributed by atoms with Crippen molar-refractivity contribution in [3.63, 3.8) is 0 Å². The third-order valence-corrected chi connectivity index (χ3v) is 7.05. The molecule has 1 aromatic carbocycles. The van der Waals surface area contributed by atoms with Gasteiger partial charge in [-0.1, -0.05) is 0 Å². The van der Waals surface area contributed by atoms with Crippen molar-refractivity contribution < 1.29 is 19.1 Å². The molecule has 3 aliphatic rings. The summed E-state index contributed by atoms with van der Waals surface area (Å²) in [7, 11) is 0. The van der Waals surface area contributed by atoms with Crippen molar-refractivity contribution in [3.05, 3.63) is 39.9 Å². The first-order valence-electron chi connectivity index (χ1n) is 11.9. The molecule has 5 heterocycles. The van der Waals surface area contributed by atoms with Gasteiger partial charge in [-0.25, -0.2) is 4.68 Å². The summed E-state index contributed by atoms with van der Waals surface area (Å²) in [5.74, 6) is 2.08. The van der Waals surface area contributed by atoms with E-state index < -0.39 is 0 Å². The molecule has 2 saturated heterocycles. The van der Waals surface area contributed by atoms with E-state index in [1.54, 1.807) is 0 Å². The standard InChI is InChI=1S/C23H28N6O4/c30-23-17(10-15-11-19-20(33-14-32-19)12-18(15)24-23)21(28-7-3-1-2-4-8-28)22-25-26-27-29(22)13-16-6-5-9-31-16/h10-12,16,21H,1-9,13-14H2,(H,24,30)/p+1/t16-,21-/m1/s1. The number of fused-ring (bicyclic) bond motifs is 2. The molecule has 0 aliphatic carbocycles. The normalized spacial score (nSPS) is 22.0. The number of tetrazole rings is 1. The summed E-state index contributed by atoms with van der Waals surface area (Å²) in [6.07, 6.45) is 6.87. The van der Waals surface area contributed by atoms with E-state index in [1.807, 2.05) is 22.9 Å². The highest BCUT2D eigenvalue weighted by Crippen LogP contribution is 2.35. The number of nitrogens with zero attached hydrogens (tertiary/aromatic N) is 4. The van der Waals surface area contributed by atoms with Crippen LogP contribution in [0.2, 0.25) is 0 Å². The topological polar surface area (TPSA) is 109 Å². The molecule has 0 unspecified atom stereocenters. The van der Waals surface area contributed by atoms with Crippen molar-refractivity contribution in [1.82, 2.24) is 25.2 Å². The minimum absolute atomic E-state index is 0.113. The second-order valence-electron chi connectivity index (χ2n) is 9.21. The first kappa shape index (κ1) is 20.6. The highest BCUT2D eigenvalue weighted by molar-refractivity contribution is 5.83. The molecule has 0 radical (unpaired) electrons. The molecule has 2 atom stereocenters. The Kier molecular flexibility index (Phi) is 5.47. The fraction of sp³-hybridized carbons (Fsp3) is 0.565. The quantitative estimate of drug-likeness (QED) is 0.593. The molecule has 0 amide bonds. The Hall–Kier alpha value is -2.98. The molecule has 3 aliphatic heterocycles. The van der Waals surface area contributed by atoms with E-state index in [1.165, 1.54) is 17.7 Å². The van der Waals surface area contributed by atoms with Gasteiger partial charge >= 0.3 is 0 Å². The molecular weight excluding hydrogens is 424 g/mol. The van der Waals surface area contributed by atoms with Crippen LogP contribution in [-0.2, 0) is 11.3 Å². The van der Waals surface area contributed by atoms with Crippen LogP contribution in [0.3, 0.4) is 0 Å². The van der Waals surface area contributed by atoms with Gasteiger partial charge in [0.1, 0.15) is 0 Å². The van der Waals surface area contributed by atoms with Gasteiger partial charge < -0.3 is 24.1 Å². The number of aromatic nitrogens is 5. The third kappa shape index (κ3) is 3.97. The van der Waals surface area contributed by atoms with Gasteiger partial charge in [0.15, 0.2) is 17.5 Å². The zero-order valence-corrected chi connectivity index (χ0v) is 18.6. The summed E-state index contributed by atoms with van der Waals surface area (Å²) in [5, 5.41) is 13.7. The van der Waals surface area contributed by atoms with E-state index >= 15 is 0 Å². The Morgan fingerprint density at radius 2 is 1.91 bits per heavy atom. The number of aromatic amines is 1. The molecule has 0 spiro atoms.